The summed E-state index contributed by atoms with van der Waals surface area (Å²) in [5, 5.41) is 20.0. The minimum absolute atomic E-state index is 0.106. The zero-order valence-corrected chi connectivity index (χ0v) is 10.4. The van der Waals surface area contributed by atoms with Crippen molar-refractivity contribution in [2.75, 3.05) is 7.11 Å². The Morgan fingerprint density at radius 1 is 1.59 bits per heavy atom. The van der Waals surface area contributed by atoms with Crippen LogP contribution in [0, 0.1) is 0 Å². The first-order valence-electron chi connectivity index (χ1n) is 5.57. The molecule has 0 saturated carbocycles. The van der Waals surface area contributed by atoms with E-state index >= 15 is 0 Å². The second-order valence-corrected chi connectivity index (χ2v) is 4.01. The highest BCUT2D eigenvalue weighted by Gasteiger charge is 2.30. The van der Waals surface area contributed by atoms with E-state index in [9.17, 15) is 4.79 Å². The molecule has 17 heavy (non-hydrogen) atoms. The molecule has 0 saturated heterocycles. The number of hydrogen-bond donors (Lipinski definition) is 1. The summed E-state index contributed by atoms with van der Waals surface area (Å²) in [5.74, 6) is -0.183. The van der Waals surface area contributed by atoms with Gasteiger partial charge >= 0.3 is 5.97 Å². The summed E-state index contributed by atoms with van der Waals surface area (Å²) < 4.78 is 7.03. The predicted molar refractivity (Wildman–Crippen MR) is 59.3 cm³/mol. The molecule has 0 aliphatic rings. The van der Waals surface area contributed by atoms with Crippen LogP contribution >= 0.6 is 0 Å². The molecule has 0 spiro atoms. The molecule has 0 radical (unpaired) electrons. The average Bonchev–Trinajstić information content (AvgIpc) is 2.76. The average molecular weight is 242 g/mol. The van der Waals surface area contributed by atoms with Crippen molar-refractivity contribution in [1.82, 2.24) is 20.2 Å². The number of carbonyl (C=O) groups is 1. The highest BCUT2D eigenvalue weighted by atomic mass is 16.5. The van der Waals surface area contributed by atoms with E-state index < -0.39 is 11.6 Å². The molecule has 1 rings (SSSR count). The first kappa shape index (κ1) is 13.6. The zero-order valence-electron chi connectivity index (χ0n) is 10.4. The molecule has 1 aromatic heterocycles. The minimum atomic E-state index is -0.815. The molecule has 7 heteroatoms. The van der Waals surface area contributed by atoms with Crippen LogP contribution in [0.2, 0.25) is 0 Å². The number of aromatic nitrogens is 4. The van der Waals surface area contributed by atoms with Crippen LogP contribution in [0.4, 0.5) is 0 Å². The van der Waals surface area contributed by atoms with Gasteiger partial charge in [0.05, 0.1) is 0 Å². The summed E-state index contributed by atoms with van der Waals surface area (Å²) in [6.45, 7) is 4.37. The maximum absolute atomic E-state index is 10.4. The van der Waals surface area contributed by atoms with Gasteiger partial charge in [0, 0.05) is 20.1 Å². The Morgan fingerprint density at radius 3 is 2.82 bits per heavy atom. The van der Waals surface area contributed by atoms with E-state index in [2.05, 4.69) is 15.5 Å². The fourth-order valence-corrected chi connectivity index (χ4v) is 1.51. The number of nitrogens with zero attached hydrogens (tertiary/aromatic N) is 4. The number of rotatable bonds is 7. The number of ether oxygens (including phenoxy) is 1. The van der Waals surface area contributed by atoms with Crippen molar-refractivity contribution in [1.29, 1.82) is 0 Å². The molecule has 0 aliphatic heterocycles. The molecule has 1 heterocycles. The summed E-state index contributed by atoms with van der Waals surface area (Å²) in [6.07, 6.45) is 1.34. The summed E-state index contributed by atoms with van der Waals surface area (Å²) in [5.41, 5.74) is -0.535. The number of aliphatic carboxylic acids is 1. The molecule has 1 aromatic rings. The topological polar surface area (TPSA) is 90.1 Å². The number of hydrogen-bond acceptors (Lipinski definition) is 5. The maximum Gasteiger partial charge on any atom is 0.303 e. The third kappa shape index (κ3) is 3.23. The van der Waals surface area contributed by atoms with Crippen LogP contribution in [0.15, 0.2) is 0 Å². The van der Waals surface area contributed by atoms with E-state index in [0.717, 1.165) is 6.42 Å². The number of carboxylic acids is 1. The van der Waals surface area contributed by atoms with Crippen molar-refractivity contribution < 1.29 is 14.6 Å². The van der Waals surface area contributed by atoms with Crippen molar-refractivity contribution in [3.05, 3.63) is 5.82 Å². The third-order valence-corrected chi connectivity index (χ3v) is 2.89. The van der Waals surface area contributed by atoms with Crippen LogP contribution in [-0.2, 0) is 21.7 Å². The lowest BCUT2D eigenvalue weighted by Gasteiger charge is -2.24. The Balaban J connectivity index is 2.75. The minimum Gasteiger partial charge on any atom is -0.481 e. The van der Waals surface area contributed by atoms with Gasteiger partial charge in [0.1, 0.15) is 5.60 Å². The highest BCUT2D eigenvalue weighted by molar-refractivity contribution is 5.66. The summed E-state index contributed by atoms with van der Waals surface area (Å²) in [7, 11) is 1.61. The van der Waals surface area contributed by atoms with Gasteiger partial charge < -0.3 is 9.84 Å². The molecule has 0 amide bonds. The van der Waals surface area contributed by atoms with Crippen molar-refractivity contribution in [3.8, 4) is 0 Å². The zero-order chi connectivity index (χ0) is 12.9. The molecule has 1 unspecified atom stereocenters. The molecule has 96 valence electrons. The van der Waals surface area contributed by atoms with Crippen LogP contribution < -0.4 is 0 Å². The Bertz CT molecular complexity index is 373. The SMILES string of the molecule is CCC(C)(OC)c1nnnn1CCCC(=O)O. The van der Waals surface area contributed by atoms with E-state index in [4.69, 9.17) is 9.84 Å². The monoisotopic (exact) mass is 242 g/mol. The van der Waals surface area contributed by atoms with E-state index in [1.807, 2.05) is 13.8 Å². The van der Waals surface area contributed by atoms with Gasteiger partial charge in [0.2, 0.25) is 0 Å². The molecule has 1 N–H and O–H groups in total. The van der Waals surface area contributed by atoms with Crippen molar-refractivity contribution >= 4 is 5.97 Å². The van der Waals surface area contributed by atoms with Crippen LogP contribution in [0.5, 0.6) is 0 Å². The van der Waals surface area contributed by atoms with Crippen LogP contribution in [0.1, 0.15) is 38.9 Å². The lowest BCUT2D eigenvalue weighted by atomic mass is 10.0. The van der Waals surface area contributed by atoms with Gasteiger partial charge in [-0.2, -0.15) is 0 Å². The van der Waals surface area contributed by atoms with Crippen LogP contribution in [0.3, 0.4) is 0 Å². The number of tetrazole rings is 1. The molecule has 7 nitrogen and oxygen atoms in total. The summed E-state index contributed by atoms with van der Waals surface area (Å²) in [6, 6.07) is 0. The van der Waals surface area contributed by atoms with E-state index in [-0.39, 0.29) is 6.42 Å². The molecular weight excluding hydrogens is 224 g/mol. The van der Waals surface area contributed by atoms with Gasteiger partial charge in [-0.1, -0.05) is 6.92 Å². The van der Waals surface area contributed by atoms with E-state index in [1.165, 1.54) is 0 Å². The van der Waals surface area contributed by atoms with Gasteiger partial charge in [-0.3, -0.25) is 4.79 Å². The standard InChI is InChI=1S/C10H18N4O3/c1-4-10(2,17-3)9-11-12-13-14(9)7-5-6-8(15)16/h4-7H2,1-3H3,(H,15,16). The second kappa shape index (κ2) is 5.72. The van der Waals surface area contributed by atoms with Crippen LogP contribution in [0.25, 0.3) is 0 Å². The predicted octanol–water partition coefficient (Wildman–Crippen LogP) is 0.810. The number of methoxy groups -OCH3 is 1. The maximum atomic E-state index is 10.4. The van der Waals surface area contributed by atoms with Gasteiger partial charge in [-0.05, 0) is 30.2 Å². The van der Waals surface area contributed by atoms with Crippen LogP contribution in [-0.4, -0.2) is 38.4 Å². The lowest BCUT2D eigenvalue weighted by molar-refractivity contribution is -0.137. The smallest absolute Gasteiger partial charge is 0.303 e. The van der Waals surface area contributed by atoms with Crippen molar-refractivity contribution in [2.45, 2.75) is 45.3 Å². The van der Waals surface area contributed by atoms with Crippen molar-refractivity contribution in [2.24, 2.45) is 0 Å². The van der Waals surface area contributed by atoms with Gasteiger partial charge in [-0.25, -0.2) is 4.68 Å². The lowest BCUT2D eigenvalue weighted by Crippen LogP contribution is -2.28. The summed E-state index contributed by atoms with van der Waals surface area (Å²) in [4.78, 5) is 10.4. The van der Waals surface area contributed by atoms with E-state index in [1.54, 1.807) is 11.8 Å². The van der Waals surface area contributed by atoms with Crippen molar-refractivity contribution in [3.63, 3.8) is 0 Å². The first-order chi connectivity index (χ1) is 8.03. The quantitative estimate of drug-likeness (QED) is 0.761. The van der Waals surface area contributed by atoms with Gasteiger partial charge in [0.25, 0.3) is 0 Å². The fourth-order valence-electron chi connectivity index (χ4n) is 1.51. The molecule has 0 bridgehead atoms. The van der Waals surface area contributed by atoms with Gasteiger partial charge in [0.15, 0.2) is 5.82 Å². The Morgan fingerprint density at radius 2 is 2.29 bits per heavy atom. The second-order valence-electron chi connectivity index (χ2n) is 4.01. The molecular formula is C10H18N4O3. The Labute approximate surface area is 99.8 Å². The highest BCUT2D eigenvalue weighted by Crippen LogP contribution is 2.25. The number of carboxylic acid groups (broad SMARTS) is 1. The Hall–Kier alpha value is -1.50. The molecule has 0 fully saturated rings. The molecule has 0 aliphatic carbocycles. The largest absolute Gasteiger partial charge is 0.481 e. The normalized spacial score (nSPS) is 14.5. The summed E-state index contributed by atoms with van der Waals surface area (Å²) >= 11 is 0. The third-order valence-electron chi connectivity index (χ3n) is 2.89. The Kier molecular flexibility index (Phi) is 4.56. The number of aryl methyl sites for hydroxylation is 1. The van der Waals surface area contributed by atoms with Gasteiger partial charge in [-0.15, -0.1) is 5.10 Å². The van der Waals surface area contributed by atoms with E-state index in [0.29, 0.717) is 18.8 Å². The molecule has 0 aromatic carbocycles. The molecule has 1 atom stereocenters. The first-order valence-corrected chi connectivity index (χ1v) is 5.57. The fraction of sp³-hybridized carbons (Fsp3) is 0.800.